The van der Waals surface area contributed by atoms with Crippen molar-refractivity contribution in [1.82, 2.24) is 5.32 Å². The van der Waals surface area contributed by atoms with Crippen LogP contribution in [0.3, 0.4) is 0 Å². The Morgan fingerprint density at radius 1 is 1.32 bits per heavy atom. The smallest absolute Gasteiger partial charge is 0.123 e. The molecular weight excluding hydrogens is 305 g/mol. The normalized spacial score (nSPS) is 13.6. The van der Waals surface area contributed by atoms with E-state index in [1.165, 1.54) is 6.07 Å². The first kappa shape index (κ1) is 16.6. The van der Waals surface area contributed by atoms with Crippen molar-refractivity contribution in [2.45, 2.75) is 52.5 Å². The molecule has 0 heterocycles. The van der Waals surface area contributed by atoms with Gasteiger partial charge in [-0.3, -0.25) is 0 Å². The molecule has 0 aliphatic rings. The van der Waals surface area contributed by atoms with Gasteiger partial charge in [-0.15, -0.1) is 0 Å². The van der Waals surface area contributed by atoms with Crippen molar-refractivity contribution >= 4 is 15.9 Å². The highest BCUT2D eigenvalue weighted by molar-refractivity contribution is 9.10. The second kappa shape index (κ2) is 7.39. The van der Waals surface area contributed by atoms with Crippen LogP contribution in [0.1, 0.15) is 46.1 Å². The van der Waals surface area contributed by atoms with Gasteiger partial charge in [-0.2, -0.15) is 0 Å². The van der Waals surface area contributed by atoms with E-state index in [0.29, 0.717) is 5.92 Å². The summed E-state index contributed by atoms with van der Waals surface area (Å²) >= 11 is 3.51. The first-order chi connectivity index (χ1) is 8.81. The molecule has 1 nitrogen and oxygen atoms in total. The predicted octanol–water partition coefficient (Wildman–Crippen LogP) is 4.94. The molecule has 1 aromatic carbocycles. The largest absolute Gasteiger partial charge is 0.312 e. The van der Waals surface area contributed by atoms with Gasteiger partial charge in [0.25, 0.3) is 0 Å². The van der Waals surface area contributed by atoms with E-state index in [1.807, 2.05) is 0 Å². The van der Waals surface area contributed by atoms with Crippen molar-refractivity contribution in [2.24, 2.45) is 5.92 Å². The molecule has 1 N–H and O–H groups in total. The topological polar surface area (TPSA) is 12.0 Å². The van der Waals surface area contributed by atoms with Crippen LogP contribution >= 0.6 is 15.9 Å². The van der Waals surface area contributed by atoms with E-state index in [1.54, 1.807) is 12.1 Å². The molecule has 0 saturated heterocycles. The van der Waals surface area contributed by atoms with Crippen LogP contribution in [0.2, 0.25) is 0 Å². The zero-order valence-electron chi connectivity index (χ0n) is 12.4. The van der Waals surface area contributed by atoms with E-state index in [2.05, 4.69) is 48.9 Å². The average molecular weight is 330 g/mol. The van der Waals surface area contributed by atoms with Crippen molar-refractivity contribution in [3.63, 3.8) is 0 Å². The SMILES string of the molecule is CCCC(CNC(C)(C)C)Cc1cc(F)ccc1Br. The fraction of sp³-hybridized carbons (Fsp3) is 0.625. The number of rotatable bonds is 6. The lowest BCUT2D eigenvalue weighted by molar-refractivity contribution is 0.354. The molecule has 1 aromatic rings. The molecule has 0 bridgehead atoms. The molecule has 0 amide bonds. The number of hydrogen-bond donors (Lipinski definition) is 1. The van der Waals surface area contributed by atoms with Gasteiger partial charge < -0.3 is 5.32 Å². The molecule has 0 saturated carbocycles. The van der Waals surface area contributed by atoms with Crippen LogP contribution in [-0.4, -0.2) is 12.1 Å². The second-order valence-corrected chi connectivity index (χ2v) is 7.08. The summed E-state index contributed by atoms with van der Waals surface area (Å²) in [5, 5.41) is 3.55. The Labute approximate surface area is 125 Å². The van der Waals surface area contributed by atoms with E-state index in [4.69, 9.17) is 0 Å². The van der Waals surface area contributed by atoms with E-state index >= 15 is 0 Å². The summed E-state index contributed by atoms with van der Waals surface area (Å²) in [6, 6.07) is 4.94. The maximum atomic E-state index is 13.3. The summed E-state index contributed by atoms with van der Waals surface area (Å²) in [6.45, 7) is 9.70. The van der Waals surface area contributed by atoms with Gasteiger partial charge in [-0.05, 0) is 69.8 Å². The first-order valence-corrected chi connectivity index (χ1v) is 7.80. The average Bonchev–Trinajstić information content (AvgIpc) is 2.30. The van der Waals surface area contributed by atoms with Gasteiger partial charge in [0.05, 0.1) is 0 Å². The summed E-state index contributed by atoms with van der Waals surface area (Å²) in [7, 11) is 0. The highest BCUT2D eigenvalue weighted by Gasteiger charge is 2.15. The van der Waals surface area contributed by atoms with Gasteiger partial charge in [-0.1, -0.05) is 29.3 Å². The third-order valence-corrected chi connectivity index (χ3v) is 3.91. The zero-order valence-corrected chi connectivity index (χ0v) is 14.0. The predicted molar refractivity (Wildman–Crippen MR) is 84.0 cm³/mol. The highest BCUT2D eigenvalue weighted by atomic mass is 79.9. The summed E-state index contributed by atoms with van der Waals surface area (Å²) < 4.78 is 14.3. The van der Waals surface area contributed by atoms with Crippen LogP contribution in [0.25, 0.3) is 0 Å². The van der Waals surface area contributed by atoms with Gasteiger partial charge in [0.2, 0.25) is 0 Å². The van der Waals surface area contributed by atoms with Crippen LogP contribution < -0.4 is 5.32 Å². The van der Waals surface area contributed by atoms with Gasteiger partial charge in [0, 0.05) is 10.0 Å². The maximum Gasteiger partial charge on any atom is 0.123 e. The maximum absolute atomic E-state index is 13.3. The number of halogens is 2. The minimum absolute atomic E-state index is 0.130. The van der Waals surface area contributed by atoms with Crippen LogP contribution in [0.4, 0.5) is 4.39 Å². The van der Waals surface area contributed by atoms with Gasteiger partial charge in [0.15, 0.2) is 0 Å². The first-order valence-electron chi connectivity index (χ1n) is 7.00. The van der Waals surface area contributed by atoms with Crippen LogP contribution in [0.15, 0.2) is 22.7 Å². The summed E-state index contributed by atoms with van der Waals surface area (Å²) in [6.07, 6.45) is 3.23. The summed E-state index contributed by atoms with van der Waals surface area (Å²) in [5.41, 5.74) is 1.19. The standard InChI is InChI=1S/C16H25BrFN/c1-5-6-12(11-19-16(2,3)4)9-13-10-14(18)7-8-15(13)17/h7-8,10,12,19H,5-6,9,11H2,1-4H3. The fourth-order valence-corrected chi connectivity index (χ4v) is 2.55. The Balaban J connectivity index is 2.69. The lowest BCUT2D eigenvalue weighted by atomic mass is 9.94. The minimum Gasteiger partial charge on any atom is -0.312 e. The van der Waals surface area contributed by atoms with Gasteiger partial charge in [-0.25, -0.2) is 4.39 Å². The Bertz CT molecular complexity index is 398. The lowest BCUT2D eigenvalue weighted by Gasteiger charge is -2.25. The Kier molecular flexibility index (Phi) is 6.48. The van der Waals surface area contributed by atoms with Crippen molar-refractivity contribution in [3.05, 3.63) is 34.1 Å². The third kappa shape index (κ3) is 6.53. The van der Waals surface area contributed by atoms with Crippen molar-refractivity contribution in [1.29, 1.82) is 0 Å². The molecule has 1 atom stereocenters. The Morgan fingerprint density at radius 2 is 2.00 bits per heavy atom. The lowest BCUT2D eigenvalue weighted by Crippen LogP contribution is -2.39. The number of hydrogen-bond acceptors (Lipinski definition) is 1. The molecule has 1 unspecified atom stereocenters. The Morgan fingerprint density at radius 3 is 2.58 bits per heavy atom. The molecule has 0 aliphatic carbocycles. The Hall–Kier alpha value is -0.410. The van der Waals surface area contributed by atoms with E-state index < -0.39 is 0 Å². The van der Waals surface area contributed by atoms with Crippen molar-refractivity contribution in [3.8, 4) is 0 Å². The zero-order chi connectivity index (χ0) is 14.5. The van der Waals surface area contributed by atoms with E-state index in [0.717, 1.165) is 35.8 Å². The fourth-order valence-electron chi connectivity index (χ4n) is 2.15. The summed E-state index contributed by atoms with van der Waals surface area (Å²) in [4.78, 5) is 0. The molecular formula is C16H25BrFN. The second-order valence-electron chi connectivity index (χ2n) is 6.23. The molecule has 0 aliphatic heterocycles. The molecule has 0 fully saturated rings. The molecule has 0 aromatic heterocycles. The van der Waals surface area contributed by atoms with Crippen LogP contribution in [0.5, 0.6) is 0 Å². The molecule has 0 radical (unpaired) electrons. The van der Waals surface area contributed by atoms with Gasteiger partial charge >= 0.3 is 0 Å². The van der Waals surface area contributed by atoms with Crippen LogP contribution in [0, 0.1) is 11.7 Å². The third-order valence-electron chi connectivity index (χ3n) is 3.13. The molecule has 3 heteroatoms. The minimum atomic E-state index is -0.155. The van der Waals surface area contributed by atoms with E-state index in [9.17, 15) is 4.39 Å². The number of benzene rings is 1. The molecule has 1 rings (SSSR count). The molecule has 19 heavy (non-hydrogen) atoms. The molecule has 108 valence electrons. The van der Waals surface area contributed by atoms with Gasteiger partial charge in [0.1, 0.15) is 5.82 Å². The molecule has 0 spiro atoms. The quantitative estimate of drug-likeness (QED) is 0.779. The number of nitrogens with one attached hydrogen (secondary N) is 1. The summed E-state index contributed by atoms with van der Waals surface area (Å²) in [5.74, 6) is 0.388. The highest BCUT2D eigenvalue weighted by Crippen LogP contribution is 2.23. The van der Waals surface area contributed by atoms with Crippen molar-refractivity contribution < 1.29 is 4.39 Å². The monoisotopic (exact) mass is 329 g/mol. The van der Waals surface area contributed by atoms with Crippen molar-refractivity contribution in [2.75, 3.05) is 6.54 Å². The van der Waals surface area contributed by atoms with Crippen LogP contribution in [-0.2, 0) is 6.42 Å². The van der Waals surface area contributed by atoms with E-state index in [-0.39, 0.29) is 11.4 Å².